The van der Waals surface area contributed by atoms with E-state index in [2.05, 4.69) is 14.9 Å². The monoisotopic (exact) mass is 380 g/mol. The van der Waals surface area contributed by atoms with Gasteiger partial charge in [-0.05, 0) is 49.6 Å². The van der Waals surface area contributed by atoms with Crippen LogP contribution >= 0.6 is 0 Å². The molecule has 0 aliphatic heterocycles. The molecule has 0 amide bonds. The van der Waals surface area contributed by atoms with Gasteiger partial charge in [-0.25, -0.2) is 8.42 Å². The fourth-order valence-electron chi connectivity index (χ4n) is 2.74. The molecule has 1 saturated carbocycles. The molecule has 8 heteroatoms. The molecule has 4 rings (SSSR count). The highest BCUT2D eigenvalue weighted by atomic mass is 32.2. The molecule has 1 heterocycles. The lowest BCUT2D eigenvalue weighted by atomic mass is 10.1. The summed E-state index contributed by atoms with van der Waals surface area (Å²) in [6, 6.07) is 13.3. The number of rotatable bonds is 5. The van der Waals surface area contributed by atoms with Gasteiger partial charge < -0.3 is 4.52 Å². The van der Waals surface area contributed by atoms with Crippen molar-refractivity contribution in [3.8, 4) is 17.5 Å². The molecule has 0 spiro atoms. The average Bonchev–Trinajstić information content (AvgIpc) is 3.39. The molecule has 1 N–H and O–H groups in total. The van der Waals surface area contributed by atoms with E-state index < -0.39 is 10.0 Å². The fraction of sp³-hybridized carbons (Fsp3) is 0.211. The number of hydrogen-bond donors (Lipinski definition) is 1. The molecule has 1 aliphatic carbocycles. The van der Waals surface area contributed by atoms with Crippen molar-refractivity contribution in [1.82, 2.24) is 10.1 Å². The van der Waals surface area contributed by atoms with Crippen molar-refractivity contribution >= 4 is 15.7 Å². The molecular formula is C19H16N4O3S. The quantitative estimate of drug-likeness (QED) is 0.724. The second-order valence-corrected chi connectivity index (χ2v) is 8.16. The maximum Gasteiger partial charge on any atom is 0.262 e. The minimum atomic E-state index is -3.84. The summed E-state index contributed by atoms with van der Waals surface area (Å²) >= 11 is 0. The van der Waals surface area contributed by atoms with Gasteiger partial charge in [0.15, 0.2) is 0 Å². The van der Waals surface area contributed by atoms with E-state index in [0.29, 0.717) is 40.0 Å². The lowest BCUT2D eigenvalue weighted by Gasteiger charge is -2.11. The third-order valence-corrected chi connectivity index (χ3v) is 5.87. The van der Waals surface area contributed by atoms with E-state index in [0.717, 1.165) is 12.8 Å². The minimum absolute atomic E-state index is 0.125. The number of nitriles is 1. The molecular weight excluding hydrogens is 364 g/mol. The Bertz CT molecular complexity index is 1160. The Labute approximate surface area is 156 Å². The van der Waals surface area contributed by atoms with Crippen LogP contribution in [0, 0.1) is 18.3 Å². The molecule has 0 radical (unpaired) electrons. The molecule has 27 heavy (non-hydrogen) atoms. The zero-order valence-electron chi connectivity index (χ0n) is 14.5. The van der Waals surface area contributed by atoms with Crippen LogP contribution in [-0.2, 0) is 10.0 Å². The zero-order chi connectivity index (χ0) is 19.0. The molecule has 7 nitrogen and oxygen atoms in total. The van der Waals surface area contributed by atoms with Crippen LogP contribution in [0.4, 0.5) is 5.69 Å². The van der Waals surface area contributed by atoms with Crippen LogP contribution in [0.15, 0.2) is 51.9 Å². The van der Waals surface area contributed by atoms with Gasteiger partial charge in [-0.2, -0.15) is 10.2 Å². The maximum absolute atomic E-state index is 12.9. The van der Waals surface area contributed by atoms with Gasteiger partial charge in [-0.1, -0.05) is 23.4 Å². The van der Waals surface area contributed by atoms with Crippen molar-refractivity contribution in [3.05, 3.63) is 59.5 Å². The summed E-state index contributed by atoms with van der Waals surface area (Å²) in [5.74, 6) is 1.30. The van der Waals surface area contributed by atoms with E-state index in [1.165, 1.54) is 12.1 Å². The predicted molar refractivity (Wildman–Crippen MR) is 98.4 cm³/mol. The molecule has 0 saturated heterocycles. The van der Waals surface area contributed by atoms with E-state index in [1.54, 1.807) is 37.3 Å². The second kappa shape index (κ2) is 6.52. The SMILES string of the molecule is Cc1ccc(-c2noc(C3CC3)n2)cc1S(=O)(=O)Nc1cccc(C#N)c1. The van der Waals surface area contributed by atoms with Crippen molar-refractivity contribution in [2.45, 2.75) is 30.6 Å². The number of benzene rings is 2. The second-order valence-electron chi connectivity index (χ2n) is 6.51. The first kappa shape index (κ1) is 17.2. The van der Waals surface area contributed by atoms with Gasteiger partial charge in [-0.3, -0.25) is 4.72 Å². The molecule has 0 atom stereocenters. The fourth-order valence-corrected chi connectivity index (χ4v) is 4.06. The number of nitrogens with one attached hydrogen (secondary N) is 1. The third-order valence-electron chi connectivity index (χ3n) is 4.35. The van der Waals surface area contributed by atoms with E-state index in [-0.39, 0.29) is 4.90 Å². The van der Waals surface area contributed by atoms with Gasteiger partial charge in [0.25, 0.3) is 10.0 Å². The first-order valence-corrected chi connectivity index (χ1v) is 9.92. The Balaban J connectivity index is 1.67. The van der Waals surface area contributed by atoms with Crippen molar-refractivity contribution in [2.24, 2.45) is 0 Å². The largest absolute Gasteiger partial charge is 0.339 e. The Morgan fingerprint density at radius 3 is 2.78 bits per heavy atom. The first-order valence-electron chi connectivity index (χ1n) is 8.44. The highest BCUT2D eigenvalue weighted by Crippen LogP contribution is 2.39. The smallest absolute Gasteiger partial charge is 0.262 e. The Hall–Kier alpha value is -3.18. The Kier molecular flexibility index (Phi) is 4.16. The van der Waals surface area contributed by atoms with Gasteiger partial charge in [0.1, 0.15) is 0 Å². The first-order chi connectivity index (χ1) is 13.0. The lowest BCUT2D eigenvalue weighted by Crippen LogP contribution is -2.14. The topological polar surface area (TPSA) is 109 Å². The molecule has 0 unspecified atom stereocenters. The van der Waals surface area contributed by atoms with Crippen molar-refractivity contribution in [3.63, 3.8) is 0 Å². The van der Waals surface area contributed by atoms with Gasteiger partial charge in [0.05, 0.1) is 22.2 Å². The highest BCUT2D eigenvalue weighted by Gasteiger charge is 2.30. The molecule has 1 fully saturated rings. The van der Waals surface area contributed by atoms with Crippen LogP contribution in [0.1, 0.15) is 35.8 Å². The van der Waals surface area contributed by atoms with Gasteiger partial charge in [0, 0.05) is 11.5 Å². The molecule has 1 aromatic heterocycles. The summed E-state index contributed by atoms with van der Waals surface area (Å²) in [5, 5.41) is 12.9. The van der Waals surface area contributed by atoms with Crippen LogP contribution < -0.4 is 4.72 Å². The van der Waals surface area contributed by atoms with Gasteiger partial charge in [-0.15, -0.1) is 0 Å². The van der Waals surface area contributed by atoms with Crippen molar-refractivity contribution < 1.29 is 12.9 Å². The van der Waals surface area contributed by atoms with E-state index in [1.807, 2.05) is 6.07 Å². The average molecular weight is 380 g/mol. The highest BCUT2D eigenvalue weighted by molar-refractivity contribution is 7.92. The van der Waals surface area contributed by atoms with E-state index in [4.69, 9.17) is 9.78 Å². The number of anilines is 1. The van der Waals surface area contributed by atoms with Crippen LogP contribution in [-0.4, -0.2) is 18.6 Å². The van der Waals surface area contributed by atoms with Gasteiger partial charge >= 0.3 is 0 Å². The number of aryl methyl sites for hydroxylation is 1. The Morgan fingerprint density at radius 2 is 2.04 bits per heavy atom. The van der Waals surface area contributed by atoms with E-state index in [9.17, 15) is 8.42 Å². The standard InChI is InChI=1S/C19H16N4O3S/c1-12-5-6-15(18-21-19(26-22-18)14-7-8-14)10-17(12)27(24,25)23-16-4-2-3-13(9-16)11-20/h2-6,9-10,14,23H,7-8H2,1H3. The predicted octanol–water partition coefficient (Wildman–Crippen LogP) is 3.59. The third kappa shape index (κ3) is 3.55. The summed E-state index contributed by atoms with van der Waals surface area (Å²) in [5.41, 5.74) is 1.87. The number of hydrogen-bond acceptors (Lipinski definition) is 6. The molecule has 3 aromatic rings. The summed E-state index contributed by atoms with van der Waals surface area (Å²) in [7, 11) is -3.84. The summed E-state index contributed by atoms with van der Waals surface area (Å²) in [4.78, 5) is 4.50. The van der Waals surface area contributed by atoms with Crippen molar-refractivity contribution in [2.75, 3.05) is 4.72 Å². The molecule has 1 aliphatic rings. The molecule has 2 aromatic carbocycles. The lowest BCUT2D eigenvalue weighted by molar-refractivity contribution is 0.380. The summed E-state index contributed by atoms with van der Waals surface area (Å²) in [6.07, 6.45) is 2.09. The summed E-state index contributed by atoms with van der Waals surface area (Å²) in [6.45, 7) is 1.72. The van der Waals surface area contributed by atoms with Crippen LogP contribution in [0.3, 0.4) is 0 Å². The van der Waals surface area contributed by atoms with Crippen LogP contribution in [0.5, 0.6) is 0 Å². The number of aromatic nitrogens is 2. The maximum atomic E-state index is 12.9. The van der Waals surface area contributed by atoms with Gasteiger partial charge in [0.2, 0.25) is 11.7 Å². The minimum Gasteiger partial charge on any atom is -0.339 e. The Morgan fingerprint density at radius 1 is 1.22 bits per heavy atom. The van der Waals surface area contributed by atoms with Crippen LogP contribution in [0.25, 0.3) is 11.4 Å². The zero-order valence-corrected chi connectivity index (χ0v) is 15.3. The van der Waals surface area contributed by atoms with E-state index >= 15 is 0 Å². The van der Waals surface area contributed by atoms with Crippen molar-refractivity contribution in [1.29, 1.82) is 5.26 Å². The number of nitrogens with zero attached hydrogens (tertiary/aromatic N) is 3. The molecule has 0 bridgehead atoms. The van der Waals surface area contributed by atoms with Crippen LogP contribution in [0.2, 0.25) is 0 Å². The summed E-state index contributed by atoms with van der Waals surface area (Å²) < 4.78 is 33.5. The normalized spacial score (nSPS) is 13.9. The molecule has 136 valence electrons. The number of sulfonamides is 1.